The van der Waals surface area contributed by atoms with E-state index in [1.807, 2.05) is 0 Å². The zero-order valence-electron chi connectivity index (χ0n) is 17.0. The number of likely N-dealkylation sites (tertiary alicyclic amines) is 1. The second-order valence-corrected chi connectivity index (χ2v) is 8.62. The third-order valence-electron chi connectivity index (χ3n) is 6.73. The van der Waals surface area contributed by atoms with Crippen LogP contribution in [0.5, 0.6) is 5.75 Å². The Balaban J connectivity index is 1.19. The van der Waals surface area contributed by atoms with Crippen molar-refractivity contribution < 1.29 is 19.4 Å². The van der Waals surface area contributed by atoms with E-state index in [4.69, 9.17) is 15.2 Å². The van der Waals surface area contributed by atoms with Crippen LogP contribution in [0, 0.1) is 11.8 Å². The summed E-state index contributed by atoms with van der Waals surface area (Å²) in [6.07, 6.45) is 2.78. The lowest BCUT2D eigenvalue weighted by atomic mass is 9.77. The van der Waals surface area contributed by atoms with Crippen molar-refractivity contribution in [2.24, 2.45) is 17.6 Å². The van der Waals surface area contributed by atoms with Crippen molar-refractivity contribution in [1.82, 2.24) is 9.80 Å². The Bertz CT molecular complexity index is 677. The number of amides is 1. The van der Waals surface area contributed by atoms with Gasteiger partial charge in [0.25, 0.3) is 0 Å². The van der Waals surface area contributed by atoms with Gasteiger partial charge in [0.15, 0.2) is 0 Å². The zero-order valence-corrected chi connectivity index (χ0v) is 17.0. The molecule has 4 atom stereocenters. The van der Waals surface area contributed by atoms with Crippen molar-refractivity contribution in [2.75, 3.05) is 52.5 Å². The number of hydrogen-bond acceptors (Lipinski definition) is 6. The molecule has 3 fully saturated rings. The highest BCUT2D eigenvalue weighted by molar-refractivity contribution is 5.92. The maximum absolute atomic E-state index is 11.1. The van der Waals surface area contributed by atoms with Gasteiger partial charge in [-0.2, -0.15) is 0 Å². The van der Waals surface area contributed by atoms with E-state index in [1.54, 1.807) is 24.3 Å². The molecule has 2 aliphatic heterocycles. The molecule has 7 nitrogen and oxygen atoms in total. The van der Waals surface area contributed by atoms with Gasteiger partial charge in [0.2, 0.25) is 5.91 Å². The molecular weight excluding hydrogens is 370 g/mol. The SMILES string of the molecule is NC(=O)c1ccc(OCCCN2C[C@H]3C[C@@H](N4CCOCC4)[C@H](O)C[C@H]3C2)cc1. The van der Waals surface area contributed by atoms with Crippen LogP contribution < -0.4 is 10.5 Å². The third-order valence-corrected chi connectivity index (χ3v) is 6.73. The van der Waals surface area contributed by atoms with Gasteiger partial charge in [-0.15, -0.1) is 0 Å². The number of morpholine rings is 1. The Labute approximate surface area is 172 Å². The van der Waals surface area contributed by atoms with Crippen LogP contribution >= 0.6 is 0 Å². The van der Waals surface area contributed by atoms with Crippen LogP contribution in [-0.4, -0.2) is 85.5 Å². The number of rotatable bonds is 7. The van der Waals surface area contributed by atoms with Crippen molar-refractivity contribution >= 4 is 5.91 Å². The Morgan fingerprint density at radius 2 is 1.83 bits per heavy atom. The average Bonchev–Trinajstić information content (AvgIpc) is 3.13. The van der Waals surface area contributed by atoms with E-state index in [2.05, 4.69) is 9.80 Å². The fourth-order valence-corrected chi connectivity index (χ4v) is 5.18. The van der Waals surface area contributed by atoms with Crippen LogP contribution in [0.4, 0.5) is 0 Å². The number of nitrogens with zero attached hydrogens (tertiary/aromatic N) is 2. The first-order valence-electron chi connectivity index (χ1n) is 10.8. The lowest BCUT2D eigenvalue weighted by molar-refractivity contribution is -0.0520. The van der Waals surface area contributed by atoms with Crippen molar-refractivity contribution in [1.29, 1.82) is 0 Å². The molecule has 3 aliphatic rings. The second kappa shape index (κ2) is 9.43. The zero-order chi connectivity index (χ0) is 20.2. The Kier molecular flexibility index (Phi) is 6.70. The maximum atomic E-state index is 11.1. The predicted octanol–water partition coefficient (Wildman–Crippen LogP) is 0.958. The minimum Gasteiger partial charge on any atom is -0.494 e. The van der Waals surface area contributed by atoms with Gasteiger partial charge in [0, 0.05) is 44.3 Å². The highest BCUT2D eigenvalue weighted by atomic mass is 16.5. The molecule has 0 spiro atoms. The number of nitrogens with two attached hydrogens (primary N) is 1. The van der Waals surface area contributed by atoms with E-state index in [0.717, 1.165) is 70.9 Å². The summed E-state index contributed by atoms with van der Waals surface area (Å²) in [4.78, 5) is 16.1. The van der Waals surface area contributed by atoms with E-state index in [-0.39, 0.29) is 6.10 Å². The topological polar surface area (TPSA) is 88.3 Å². The molecule has 1 aromatic rings. The number of hydrogen-bond donors (Lipinski definition) is 2. The fourth-order valence-electron chi connectivity index (χ4n) is 5.18. The lowest BCUT2D eigenvalue weighted by Crippen LogP contribution is -2.53. The monoisotopic (exact) mass is 403 g/mol. The molecule has 1 amide bonds. The molecule has 2 heterocycles. The van der Waals surface area contributed by atoms with Gasteiger partial charge in [-0.1, -0.05) is 0 Å². The molecule has 1 saturated carbocycles. The standard InChI is InChI=1S/C22H33N3O4/c23-22(27)16-2-4-19(5-3-16)29-9-1-6-24-14-17-12-20(21(26)13-18(17)15-24)25-7-10-28-11-8-25/h2-5,17-18,20-21,26H,1,6-15H2,(H2,23,27)/t17-,18+,20-,21-/m1/s1. The number of aliphatic hydroxyl groups is 1. The van der Waals surface area contributed by atoms with Crippen LogP contribution in [0.2, 0.25) is 0 Å². The van der Waals surface area contributed by atoms with Gasteiger partial charge in [0.05, 0.1) is 25.9 Å². The fraction of sp³-hybridized carbons (Fsp3) is 0.682. The minimum absolute atomic E-state index is 0.207. The van der Waals surface area contributed by atoms with Gasteiger partial charge in [-0.25, -0.2) is 0 Å². The molecule has 0 bridgehead atoms. The van der Waals surface area contributed by atoms with Gasteiger partial charge in [-0.3, -0.25) is 9.69 Å². The largest absolute Gasteiger partial charge is 0.494 e. The van der Waals surface area contributed by atoms with E-state index in [1.165, 1.54) is 0 Å². The summed E-state index contributed by atoms with van der Waals surface area (Å²) < 4.78 is 11.3. The Morgan fingerprint density at radius 1 is 1.14 bits per heavy atom. The Hall–Kier alpha value is -1.67. The number of primary amides is 1. The van der Waals surface area contributed by atoms with E-state index < -0.39 is 5.91 Å². The van der Waals surface area contributed by atoms with Crippen LogP contribution in [-0.2, 0) is 4.74 Å². The summed E-state index contributed by atoms with van der Waals surface area (Å²) in [5, 5.41) is 10.7. The molecule has 0 radical (unpaired) electrons. The summed E-state index contributed by atoms with van der Waals surface area (Å²) in [7, 11) is 0. The summed E-state index contributed by atoms with van der Waals surface area (Å²) in [6, 6.07) is 7.26. The van der Waals surface area contributed by atoms with Crippen LogP contribution in [0.1, 0.15) is 29.6 Å². The first-order valence-corrected chi connectivity index (χ1v) is 10.8. The number of carbonyl (C=O) groups excluding carboxylic acids is 1. The summed E-state index contributed by atoms with van der Waals surface area (Å²) >= 11 is 0. The number of benzene rings is 1. The molecule has 2 saturated heterocycles. The minimum atomic E-state index is -0.423. The van der Waals surface area contributed by atoms with Gasteiger partial charge in [-0.05, 0) is 55.4 Å². The predicted molar refractivity (Wildman–Crippen MR) is 110 cm³/mol. The van der Waals surface area contributed by atoms with E-state index in [0.29, 0.717) is 30.0 Å². The van der Waals surface area contributed by atoms with E-state index >= 15 is 0 Å². The van der Waals surface area contributed by atoms with Gasteiger partial charge >= 0.3 is 0 Å². The van der Waals surface area contributed by atoms with Crippen molar-refractivity contribution in [3.05, 3.63) is 29.8 Å². The van der Waals surface area contributed by atoms with Crippen LogP contribution in [0.25, 0.3) is 0 Å². The highest BCUT2D eigenvalue weighted by Gasteiger charge is 2.43. The van der Waals surface area contributed by atoms with E-state index in [9.17, 15) is 9.90 Å². The normalized spacial score (nSPS) is 30.8. The second-order valence-electron chi connectivity index (χ2n) is 8.62. The smallest absolute Gasteiger partial charge is 0.248 e. The Morgan fingerprint density at radius 3 is 2.52 bits per heavy atom. The van der Waals surface area contributed by atoms with Crippen molar-refractivity contribution in [3.8, 4) is 5.75 Å². The molecule has 160 valence electrons. The van der Waals surface area contributed by atoms with Crippen LogP contribution in [0.3, 0.4) is 0 Å². The molecular formula is C22H33N3O4. The third kappa shape index (κ3) is 5.09. The van der Waals surface area contributed by atoms with Crippen molar-refractivity contribution in [3.63, 3.8) is 0 Å². The molecule has 29 heavy (non-hydrogen) atoms. The highest BCUT2D eigenvalue weighted by Crippen LogP contribution is 2.38. The van der Waals surface area contributed by atoms with Gasteiger partial charge in [0.1, 0.15) is 5.75 Å². The number of carbonyl (C=O) groups is 1. The summed E-state index contributed by atoms with van der Waals surface area (Å²) in [6.45, 7) is 7.35. The summed E-state index contributed by atoms with van der Waals surface area (Å²) in [5.74, 6) is 1.65. The average molecular weight is 404 g/mol. The molecule has 3 N–H and O–H groups in total. The summed E-state index contributed by atoms with van der Waals surface area (Å²) in [5.41, 5.74) is 5.75. The molecule has 1 aliphatic carbocycles. The molecule has 1 aromatic carbocycles. The number of fused-ring (bicyclic) bond motifs is 1. The quantitative estimate of drug-likeness (QED) is 0.660. The first kappa shape index (κ1) is 20.6. The first-order chi connectivity index (χ1) is 14.1. The molecule has 7 heteroatoms. The number of ether oxygens (including phenoxy) is 2. The molecule has 4 rings (SSSR count). The maximum Gasteiger partial charge on any atom is 0.248 e. The van der Waals surface area contributed by atoms with Crippen LogP contribution in [0.15, 0.2) is 24.3 Å². The lowest BCUT2D eigenvalue weighted by Gasteiger charge is -2.43. The molecule has 0 unspecified atom stereocenters. The van der Waals surface area contributed by atoms with Crippen molar-refractivity contribution in [2.45, 2.75) is 31.4 Å². The number of aliphatic hydroxyl groups excluding tert-OH is 1. The molecule has 0 aromatic heterocycles. The van der Waals surface area contributed by atoms with Gasteiger partial charge < -0.3 is 25.2 Å².